The van der Waals surface area contributed by atoms with E-state index < -0.39 is 0 Å². The van der Waals surface area contributed by atoms with Crippen LogP contribution in [0, 0.1) is 5.92 Å². The fourth-order valence-electron chi connectivity index (χ4n) is 4.86. The lowest BCUT2D eigenvalue weighted by Gasteiger charge is -2.32. The molecule has 9 heteroatoms. The molecule has 1 N–H and O–H groups in total. The van der Waals surface area contributed by atoms with Crippen molar-refractivity contribution in [1.29, 1.82) is 0 Å². The van der Waals surface area contributed by atoms with Crippen molar-refractivity contribution < 1.29 is 4.79 Å². The van der Waals surface area contributed by atoms with E-state index in [0.717, 1.165) is 55.0 Å². The van der Waals surface area contributed by atoms with Crippen LogP contribution in [0.1, 0.15) is 29.7 Å². The molecule has 5 heterocycles. The minimum absolute atomic E-state index is 0.00906. The molecule has 1 aliphatic carbocycles. The van der Waals surface area contributed by atoms with Gasteiger partial charge in [0.25, 0.3) is 0 Å². The van der Waals surface area contributed by atoms with Crippen molar-refractivity contribution in [3.8, 4) is 11.4 Å². The van der Waals surface area contributed by atoms with Gasteiger partial charge in [0.1, 0.15) is 16.5 Å². The third-order valence-corrected chi connectivity index (χ3v) is 8.02. The Morgan fingerprint density at radius 2 is 2.00 bits per heavy atom. The fourth-order valence-corrected chi connectivity index (χ4v) is 6.23. The zero-order valence-corrected chi connectivity index (χ0v) is 20.1. The third kappa shape index (κ3) is 4.01. The number of rotatable bonds is 4. The van der Waals surface area contributed by atoms with Gasteiger partial charge in [-0.15, -0.1) is 11.3 Å². The molecule has 2 aliphatic rings. The SMILES string of the molecule is O=C(Nc1ccc(Cl)cn1)C1CCN(c2nc(-c3cccnc3)nc3sc4c(c23)CCC4)CC1. The molecular weight excluding hydrogens is 468 g/mol. The molecule has 1 amide bonds. The van der Waals surface area contributed by atoms with Gasteiger partial charge in [-0.1, -0.05) is 11.6 Å². The minimum Gasteiger partial charge on any atom is -0.356 e. The minimum atomic E-state index is -0.0583. The standard InChI is InChI=1S/C25H23ClN6OS/c26-17-6-7-20(28-14-17)29-24(33)15-8-11-32(12-9-15)23-21-18-4-1-5-19(18)34-25(21)31-22(30-23)16-3-2-10-27-13-16/h2-3,6-7,10,13-15H,1,4-5,8-9,11-12H2,(H,28,29,33). The second kappa shape index (κ2) is 8.92. The van der Waals surface area contributed by atoms with Crippen LogP contribution in [0.5, 0.6) is 0 Å². The van der Waals surface area contributed by atoms with E-state index in [4.69, 9.17) is 21.6 Å². The number of thiophene rings is 1. The summed E-state index contributed by atoms with van der Waals surface area (Å²) in [5.74, 6) is 2.20. The van der Waals surface area contributed by atoms with Crippen molar-refractivity contribution in [2.75, 3.05) is 23.3 Å². The third-order valence-electron chi connectivity index (χ3n) is 6.61. The Hall–Kier alpha value is -3.10. The molecule has 34 heavy (non-hydrogen) atoms. The van der Waals surface area contributed by atoms with Crippen LogP contribution in [0.25, 0.3) is 21.6 Å². The molecule has 1 saturated heterocycles. The number of amides is 1. The number of fused-ring (bicyclic) bond motifs is 3. The van der Waals surface area contributed by atoms with Gasteiger partial charge in [-0.05, 0) is 61.9 Å². The van der Waals surface area contributed by atoms with Crippen LogP contribution in [0.4, 0.5) is 11.6 Å². The van der Waals surface area contributed by atoms with Gasteiger partial charge in [0.15, 0.2) is 5.82 Å². The van der Waals surface area contributed by atoms with Gasteiger partial charge >= 0.3 is 0 Å². The number of pyridine rings is 2. The maximum absolute atomic E-state index is 12.8. The van der Waals surface area contributed by atoms with Crippen molar-refractivity contribution in [2.45, 2.75) is 32.1 Å². The van der Waals surface area contributed by atoms with E-state index in [1.165, 1.54) is 22.2 Å². The fraction of sp³-hybridized carbons (Fsp3) is 0.320. The van der Waals surface area contributed by atoms with E-state index in [9.17, 15) is 4.79 Å². The highest BCUT2D eigenvalue weighted by atomic mass is 35.5. The zero-order valence-electron chi connectivity index (χ0n) is 18.5. The first-order valence-corrected chi connectivity index (χ1v) is 12.8. The quantitative estimate of drug-likeness (QED) is 0.426. The van der Waals surface area contributed by atoms with E-state index >= 15 is 0 Å². The smallest absolute Gasteiger partial charge is 0.228 e. The van der Waals surface area contributed by atoms with Crippen molar-refractivity contribution in [3.63, 3.8) is 0 Å². The Kier molecular flexibility index (Phi) is 5.63. The molecule has 1 fully saturated rings. The highest BCUT2D eigenvalue weighted by Crippen LogP contribution is 2.42. The summed E-state index contributed by atoms with van der Waals surface area (Å²) in [4.78, 5) is 36.1. The Morgan fingerprint density at radius 3 is 2.76 bits per heavy atom. The number of nitrogens with zero attached hydrogens (tertiary/aromatic N) is 5. The highest BCUT2D eigenvalue weighted by molar-refractivity contribution is 7.19. The van der Waals surface area contributed by atoms with Gasteiger partial charge in [0.05, 0.1) is 10.4 Å². The largest absolute Gasteiger partial charge is 0.356 e. The Labute approximate surface area is 206 Å². The Balaban J connectivity index is 1.26. The average molecular weight is 491 g/mol. The highest BCUT2D eigenvalue weighted by Gasteiger charge is 2.30. The van der Waals surface area contributed by atoms with E-state index in [2.05, 4.69) is 20.2 Å². The van der Waals surface area contributed by atoms with Gasteiger partial charge in [0, 0.05) is 48.0 Å². The molecule has 4 aromatic rings. The number of hydrogen-bond donors (Lipinski definition) is 1. The lowest BCUT2D eigenvalue weighted by molar-refractivity contribution is -0.120. The van der Waals surface area contributed by atoms with Gasteiger partial charge in [-0.3, -0.25) is 9.78 Å². The van der Waals surface area contributed by atoms with Crippen LogP contribution in [0.3, 0.4) is 0 Å². The van der Waals surface area contributed by atoms with Crippen molar-refractivity contribution in [2.24, 2.45) is 5.92 Å². The van der Waals surface area contributed by atoms with Gasteiger partial charge in [-0.2, -0.15) is 0 Å². The van der Waals surface area contributed by atoms with Gasteiger partial charge < -0.3 is 10.2 Å². The first kappa shape index (κ1) is 21.4. The maximum Gasteiger partial charge on any atom is 0.228 e. The number of halogens is 1. The van der Waals surface area contributed by atoms with Crippen LogP contribution in [0.15, 0.2) is 42.9 Å². The molecule has 4 aromatic heterocycles. The number of carbonyl (C=O) groups is 1. The summed E-state index contributed by atoms with van der Waals surface area (Å²) in [6, 6.07) is 7.37. The van der Waals surface area contributed by atoms with Crippen molar-refractivity contribution >= 4 is 50.7 Å². The molecule has 0 atom stereocenters. The molecule has 172 valence electrons. The Morgan fingerprint density at radius 1 is 1.12 bits per heavy atom. The predicted molar refractivity (Wildman–Crippen MR) is 135 cm³/mol. The summed E-state index contributed by atoms with van der Waals surface area (Å²) >= 11 is 7.70. The predicted octanol–water partition coefficient (Wildman–Crippen LogP) is 5.15. The number of aryl methyl sites for hydroxylation is 2. The number of aromatic nitrogens is 4. The van der Waals surface area contributed by atoms with E-state index in [1.807, 2.05) is 18.3 Å². The second-order valence-corrected chi connectivity index (χ2v) is 10.3. The van der Waals surface area contributed by atoms with Crippen LogP contribution in [-0.2, 0) is 17.6 Å². The van der Waals surface area contributed by atoms with Crippen LogP contribution >= 0.6 is 22.9 Å². The zero-order chi connectivity index (χ0) is 23.1. The van der Waals surface area contributed by atoms with Crippen LogP contribution in [-0.4, -0.2) is 38.9 Å². The van der Waals surface area contributed by atoms with Crippen molar-refractivity contribution in [1.82, 2.24) is 19.9 Å². The summed E-state index contributed by atoms with van der Waals surface area (Å²) in [6.07, 6.45) is 10.1. The lowest BCUT2D eigenvalue weighted by atomic mass is 9.95. The molecule has 1 aliphatic heterocycles. The van der Waals surface area contributed by atoms with Crippen LogP contribution < -0.4 is 10.2 Å². The molecule has 0 aromatic carbocycles. The first-order chi connectivity index (χ1) is 16.7. The van der Waals surface area contributed by atoms with Gasteiger partial charge in [-0.25, -0.2) is 15.0 Å². The molecule has 0 bridgehead atoms. The number of anilines is 2. The maximum atomic E-state index is 12.8. The number of piperidine rings is 1. The molecular formula is C25H23ClN6OS. The van der Waals surface area contributed by atoms with E-state index in [0.29, 0.717) is 16.7 Å². The molecule has 0 saturated carbocycles. The summed E-state index contributed by atoms with van der Waals surface area (Å²) in [7, 11) is 0. The number of carbonyl (C=O) groups excluding carboxylic acids is 1. The second-order valence-electron chi connectivity index (χ2n) is 8.76. The first-order valence-electron chi connectivity index (χ1n) is 11.6. The summed E-state index contributed by atoms with van der Waals surface area (Å²) in [6.45, 7) is 1.55. The normalized spacial score (nSPS) is 16.1. The molecule has 7 nitrogen and oxygen atoms in total. The van der Waals surface area contributed by atoms with Gasteiger partial charge in [0.2, 0.25) is 5.91 Å². The lowest BCUT2D eigenvalue weighted by Crippen LogP contribution is -2.38. The van der Waals surface area contributed by atoms with E-state index in [1.54, 1.807) is 35.9 Å². The Bertz CT molecular complexity index is 1350. The van der Waals surface area contributed by atoms with Crippen molar-refractivity contribution in [3.05, 3.63) is 58.3 Å². The molecule has 0 spiro atoms. The van der Waals surface area contributed by atoms with Crippen LogP contribution in [0.2, 0.25) is 5.02 Å². The molecule has 0 unspecified atom stereocenters. The molecule has 0 radical (unpaired) electrons. The van der Waals surface area contributed by atoms with E-state index in [-0.39, 0.29) is 11.8 Å². The summed E-state index contributed by atoms with van der Waals surface area (Å²) in [5, 5.41) is 4.68. The average Bonchev–Trinajstić information content (AvgIpc) is 3.47. The number of nitrogens with one attached hydrogen (secondary N) is 1. The number of hydrogen-bond acceptors (Lipinski definition) is 7. The summed E-state index contributed by atoms with van der Waals surface area (Å²) in [5.41, 5.74) is 2.34. The monoisotopic (exact) mass is 490 g/mol. The summed E-state index contributed by atoms with van der Waals surface area (Å²) < 4.78 is 0. The topological polar surface area (TPSA) is 83.9 Å². The molecule has 6 rings (SSSR count).